The summed E-state index contributed by atoms with van der Waals surface area (Å²) < 4.78 is 10.9. The average molecular weight is 234 g/mol. The summed E-state index contributed by atoms with van der Waals surface area (Å²) in [4.78, 5) is 11.9. The number of esters is 1. The van der Waals surface area contributed by atoms with E-state index in [4.69, 9.17) is 9.47 Å². The molecule has 1 aliphatic carbocycles. The van der Waals surface area contributed by atoms with Crippen molar-refractivity contribution < 1.29 is 14.3 Å². The van der Waals surface area contributed by atoms with Crippen LogP contribution in [0.4, 0.5) is 0 Å². The molecule has 17 heavy (non-hydrogen) atoms. The van der Waals surface area contributed by atoms with E-state index >= 15 is 0 Å². The first kappa shape index (κ1) is 12.0. The van der Waals surface area contributed by atoms with Crippen molar-refractivity contribution in [2.45, 2.75) is 38.7 Å². The van der Waals surface area contributed by atoms with Crippen molar-refractivity contribution in [3.05, 3.63) is 29.8 Å². The maximum atomic E-state index is 11.9. The zero-order valence-electron chi connectivity index (χ0n) is 10.4. The van der Waals surface area contributed by atoms with E-state index in [2.05, 4.69) is 0 Å². The molecule has 0 aromatic heterocycles. The van der Waals surface area contributed by atoms with Crippen molar-refractivity contribution in [3.63, 3.8) is 0 Å². The third-order valence-electron chi connectivity index (χ3n) is 3.14. The van der Waals surface area contributed by atoms with Crippen LogP contribution in [0.2, 0.25) is 0 Å². The molecule has 1 aromatic rings. The maximum Gasteiger partial charge on any atom is 0.350 e. The Balaban J connectivity index is 2.09. The first-order chi connectivity index (χ1) is 8.16. The number of benzene rings is 1. The molecule has 0 saturated heterocycles. The lowest BCUT2D eigenvalue weighted by Crippen LogP contribution is -2.51. The lowest BCUT2D eigenvalue weighted by molar-refractivity contribution is -0.169. The summed E-state index contributed by atoms with van der Waals surface area (Å²) in [5.41, 5.74) is 0.446. The van der Waals surface area contributed by atoms with Gasteiger partial charge in [0.25, 0.3) is 0 Å². The Labute approximate surface area is 102 Å². The quantitative estimate of drug-likeness (QED) is 0.751. The zero-order chi connectivity index (χ0) is 12.3. The van der Waals surface area contributed by atoms with Gasteiger partial charge in [0, 0.05) is 0 Å². The number of aryl methyl sites for hydroxylation is 1. The van der Waals surface area contributed by atoms with Gasteiger partial charge in [-0.3, -0.25) is 0 Å². The van der Waals surface area contributed by atoms with Crippen molar-refractivity contribution in [1.82, 2.24) is 0 Å². The van der Waals surface area contributed by atoms with E-state index in [-0.39, 0.29) is 5.97 Å². The Kier molecular flexibility index (Phi) is 3.36. The van der Waals surface area contributed by atoms with E-state index in [0.29, 0.717) is 6.61 Å². The summed E-state index contributed by atoms with van der Waals surface area (Å²) in [6, 6.07) is 7.75. The summed E-state index contributed by atoms with van der Waals surface area (Å²) in [5, 5.41) is 0. The third kappa shape index (κ3) is 2.43. The molecule has 3 nitrogen and oxygen atoms in total. The molecule has 1 saturated carbocycles. The van der Waals surface area contributed by atoms with Gasteiger partial charge in [-0.1, -0.05) is 17.7 Å². The molecule has 0 bridgehead atoms. The van der Waals surface area contributed by atoms with Crippen LogP contribution >= 0.6 is 0 Å². The van der Waals surface area contributed by atoms with Crippen LogP contribution in [0.3, 0.4) is 0 Å². The number of rotatable bonds is 4. The Morgan fingerprint density at radius 3 is 2.41 bits per heavy atom. The van der Waals surface area contributed by atoms with Gasteiger partial charge in [0.05, 0.1) is 6.61 Å². The lowest BCUT2D eigenvalue weighted by atomic mass is 9.80. The average Bonchev–Trinajstić information content (AvgIpc) is 2.26. The fourth-order valence-corrected chi connectivity index (χ4v) is 1.94. The predicted octanol–water partition coefficient (Wildman–Crippen LogP) is 2.86. The van der Waals surface area contributed by atoms with E-state index in [0.717, 1.165) is 25.0 Å². The van der Waals surface area contributed by atoms with Gasteiger partial charge in [0.2, 0.25) is 5.60 Å². The van der Waals surface area contributed by atoms with Crippen LogP contribution in [0.15, 0.2) is 24.3 Å². The van der Waals surface area contributed by atoms with Crippen LogP contribution in [0.1, 0.15) is 31.7 Å². The molecule has 0 amide bonds. The van der Waals surface area contributed by atoms with Crippen molar-refractivity contribution in [3.8, 4) is 5.75 Å². The molecule has 1 aromatic carbocycles. The number of carbonyl (C=O) groups is 1. The summed E-state index contributed by atoms with van der Waals surface area (Å²) in [5.74, 6) is 0.509. The second-order valence-electron chi connectivity index (χ2n) is 4.48. The van der Waals surface area contributed by atoms with Gasteiger partial charge in [-0.2, -0.15) is 0 Å². The Bertz CT molecular complexity index is 390. The highest BCUT2D eigenvalue weighted by Gasteiger charge is 2.48. The largest absolute Gasteiger partial charge is 0.476 e. The lowest BCUT2D eigenvalue weighted by Gasteiger charge is -2.39. The molecular formula is C14H18O3. The summed E-state index contributed by atoms with van der Waals surface area (Å²) in [7, 11) is 0. The van der Waals surface area contributed by atoms with E-state index in [1.54, 1.807) is 0 Å². The fourth-order valence-electron chi connectivity index (χ4n) is 1.94. The molecule has 0 spiro atoms. The molecule has 1 aliphatic rings. The normalized spacial score (nSPS) is 17.1. The van der Waals surface area contributed by atoms with Crippen molar-refractivity contribution in [2.75, 3.05) is 6.61 Å². The predicted molar refractivity (Wildman–Crippen MR) is 65.0 cm³/mol. The molecular weight excluding hydrogens is 216 g/mol. The Morgan fingerprint density at radius 1 is 1.29 bits per heavy atom. The molecule has 0 unspecified atom stereocenters. The van der Waals surface area contributed by atoms with E-state index in [1.807, 2.05) is 38.1 Å². The summed E-state index contributed by atoms with van der Waals surface area (Å²) in [6.07, 6.45) is 2.52. The summed E-state index contributed by atoms with van der Waals surface area (Å²) in [6.45, 7) is 4.24. The van der Waals surface area contributed by atoms with Crippen molar-refractivity contribution in [2.24, 2.45) is 0 Å². The second kappa shape index (κ2) is 4.78. The molecule has 0 atom stereocenters. The van der Waals surface area contributed by atoms with Crippen LogP contribution in [0, 0.1) is 6.92 Å². The van der Waals surface area contributed by atoms with Crippen LogP contribution in [0.5, 0.6) is 5.75 Å². The third-order valence-corrected chi connectivity index (χ3v) is 3.14. The minimum Gasteiger partial charge on any atom is -0.476 e. The molecule has 92 valence electrons. The monoisotopic (exact) mass is 234 g/mol. The first-order valence-electron chi connectivity index (χ1n) is 6.09. The van der Waals surface area contributed by atoms with E-state index < -0.39 is 5.60 Å². The van der Waals surface area contributed by atoms with Gasteiger partial charge in [-0.15, -0.1) is 0 Å². The topological polar surface area (TPSA) is 35.5 Å². The van der Waals surface area contributed by atoms with Crippen LogP contribution < -0.4 is 4.74 Å². The highest BCUT2D eigenvalue weighted by atomic mass is 16.6. The number of carbonyl (C=O) groups excluding carboxylic acids is 1. The van der Waals surface area contributed by atoms with E-state index in [1.165, 1.54) is 5.56 Å². The van der Waals surface area contributed by atoms with Gasteiger partial charge in [-0.25, -0.2) is 4.79 Å². The first-order valence-corrected chi connectivity index (χ1v) is 6.09. The van der Waals surface area contributed by atoms with Crippen LogP contribution in [-0.4, -0.2) is 18.2 Å². The van der Waals surface area contributed by atoms with Crippen LogP contribution in [-0.2, 0) is 9.53 Å². The molecule has 0 heterocycles. The molecule has 3 heteroatoms. The number of ether oxygens (including phenoxy) is 2. The van der Waals surface area contributed by atoms with Gasteiger partial charge in [0.1, 0.15) is 5.75 Å². The second-order valence-corrected chi connectivity index (χ2v) is 4.48. The molecule has 0 aliphatic heterocycles. The standard InChI is InChI=1S/C14H18O3/c1-3-16-13(15)14(9-4-10-14)17-12-7-5-11(2)6-8-12/h5-8H,3-4,9-10H2,1-2H3. The highest BCUT2D eigenvalue weighted by molar-refractivity contribution is 5.81. The minimum atomic E-state index is -0.731. The number of hydrogen-bond acceptors (Lipinski definition) is 3. The van der Waals surface area contributed by atoms with E-state index in [9.17, 15) is 4.79 Å². The SMILES string of the molecule is CCOC(=O)C1(Oc2ccc(C)cc2)CCC1. The Morgan fingerprint density at radius 2 is 1.94 bits per heavy atom. The van der Waals surface area contributed by atoms with Gasteiger partial charge in [-0.05, 0) is 45.2 Å². The fraction of sp³-hybridized carbons (Fsp3) is 0.500. The maximum absolute atomic E-state index is 11.9. The summed E-state index contributed by atoms with van der Waals surface area (Å²) >= 11 is 0. The molecule has 1 fully saturated rings. The smallest absolute Gasteiger partial charge is 0.350 e. The van der Waals surface area contributed by atoms with Crippen molar-refractivity contribution in [1.29, 1.82) is 0 Å². The molecule has 0 radical (unpaired) electrons. The van der Waals surface area contributed by atoms with Gasteiger partial charge in [0.15, 0.2) is 0 Å². The van der Waals surface area contributed by atoms with Crippen molar-refractivity contribution >= 4 is 5.97 Å². The number of hydrogen-bond donors (Lipinski definition) is 0. The molecule has 2 rings (SSSR count). The zero-order valence-corrected chi connectivity index (χ0v) is 10.4. The Hall–Kier alpha value is -1.51. The van der Waals surface area contributed by atoms with Gasteiger partial charge >= 0.3 is 5.97 Å². The van der Waals surface area contributed by atoms with Crippen LogP contribution in [0.25, 0.3) is 0 Å². The molecule has 0 N–H and O–H groups in total. The highest BCUT2D eigenvalue weighted by Crippen LogP contribution is 2.37. The minimum absolute atomic E-state index is 0.230. The van der Waals surface area contributed by atoms with Gasteiger partial charge < -0.3 is 9.47 Å².